The molecule has 0 radical (unpaired) electrons. The third kappa shape index (κ3) is 3.82. The Morgan fingerprint density at radius 3 is 2.94 bits per heavy atom. The fourth-order valence-electron chi connectivity index (χ4n) is 0.995. The standard InChI is InChI=1S/C9H11N3O4/c1-12(9(15)16-11-8(13)14)6-7-3-2-4-10-5-7/h2-5,11H,6H2,1H3,(H,13,14). The highest BCUT2D eigenvalue weighted by molar-refractivity contribution is 5.70. The van der Waals surface area contributed by atoms with Gasteiger partial charge in [0.15, 0.2) is 0 Å². The molecule has 1 heterocycles. The van der Waals surface area contributed by atoms with Crippen molar-refractivity contribution in [1.82, 2.24) is 15.4 Å². The van der Waals surface area contributed by atoms with E-state index >= 15 is 0 Å². The summed E-state index contributed by atoms with van der Waals surface area (Å²) >= 11 is 0. The second-order valence-electron chi connectivity index (χ2n) is 2.99. The van der Waals surface area contributed by atoms with Crippen molar-refractivity contribution in [3.63, 3.8) is 0 Å². The number of nitrogens with zero attached hydrogens (tertiary/aromatic N) is 2. The van der Waals surface area contributed by atoms with Gasteiger partial charge in [-0.15, -0.1) is 5.48 Å². The fraction of sp³-hybridized carbons (Fsp3) is 0.222. The first-order valence-corrected chi connectivity index (χ1v) is 4.39. The molecule has 0 atom stereocenters. The first kappa shape index (κ1) is 11.8. The SMILES string of the molecule is CN(Cc1cccnc1)C(=O)ONC(=O)O. The van der Waals surface area contributed by atoms with Gasteiger partial charge in [-0.2, -0.15) is 0 Å². The Kier molecular flexibility index (Phi) is 4.07. The number of hydrogen-bond donors (Lipinski definition) is 2. The van der Waals surface area contributed by atoms with Crippen LogP contribution < -0.4 is 5.48 Å². The van der Waals surface area contributed by atoms with E-state index in [1.807, 2.05) is 0 Å². The fourth-order valence-corrected chi connectivity index (χ4v) is 0.995. The van der Waals surface area contributed by atoms with Crippen LogP contribution in [0, 0.1) is 0 Å². The highest BCUT2D eigenvalue weighted by Crippen LogP contribution is 2.01. The van der Waals surface area contributed by atoms with E-state index in [0.717, 1.165) is 5.56 Å². The highest BCUT2D eigenvalue weighted by atomic mass is 16.7. The average molecular weight is 225 g/mol. The summed E-state index contributed by atoms with van der Waals surface area (Å²) in [6, 6.07) is 3.53. The molecule has 0 saturated carbocycles. The molecule has 0 saturated heterocycles. The quantitative estimate of drug-likeness (QED) is 0.727. The molecule has 0 unspecified atom stereocenters. The molecule has 0 fully saturated rings. The minimum atomic E-state index is -1.43. The topological polar surface area (TPSA) is 91.8 Å². The van der Waals surface area contributed by atoms with Gasteiger partial charge in [0.2, 0.25) is 0 Å². The minimum absolute atomic E-state index is 0.286. The maximum absolute atomic E-state index is 11.2. The smallest absolute Gasteiger partial charge is 0.438 e. The normalized spacial score (nSPS) is 9.31. The molecule has 7 heteroatoms. The molecule has 0 spiro atoms. The van der Waals surface area contributed by atoms with Crippen molar-refractivity contribution < 1.29 is 19.5 Å². The highest BCUT2D eigenvalue weighted by Gasteiger charge is 2.11. The predicted molar refractivity (Wildman–Crippen MR) is 53.3 cm³/mol. The molecule has 0 aliphatic rings. The van der Waals surface area contributed by atoms with Crippen LogP contribution >= 0.6 is 0 Å². The van der Waals surface area contributed by atoms with E-state index in [4.69, 9.17) is 5.11 Å². The van der Waals surface area contributed by atoms with Gasteiger partial charge in [0, 0.05) is 19.4 Å². The maximum Gasteiger partial charge on any atom is 0.438 e. The van der Waals surface area contributed by atoms with Crippen LogP contribution in [0.25, 0.3) is 0 Å². The Balaban J connectivity index is 2.43. The first-order chi connectivity index (χ1) is 7.59. The van der Waals surface area contributed by atoms with E-state index in [1.54, 1.807) is 24.5 Å². The van der Waals surface area contributed by atoms with Gasteiger partial charge in [-0.05, 0) is 11.6 Å². The molecule has 2 N–H and O–H groups in total. The zero-order chi connectivity index (χ0) is 12.0. The molecule has 1 aromatic rings. The van der Waals surface area contributed by atoms with Crippen molar-refractivity contribution in [2.24, 2.45) is 0 Å². The van der Waals surface area contributed by atoms with Gasteiger partial charge < -0.3 is 14.8 Å². The number of carbonyl (C=O) groups excluding carboxylic acids is 1. The number of nitrogens with one attached hydrogen (secondary N) is 1. The van der Waals surface area contributed by atoms with Crippen molar-refractivity contribution >= 4 is 12.2 Å². The predicted octanol–water partition coefficient (Wildman–Crippen LogP) is 0.833. The first-order valence-electron chi connectivity index (χ1n) is 4.39. The van der Waals surface area contributed by atoms with Crippen LogP contribution in [0.2, 0.25) is 0 Å². The van der Waals surface area contributed by atoms with E-state index < -0.39 is 12.2 Å². The van der Waals surface area contributed by atoms with Gasteiger partial charge in [-0.25, -0.2) is 9.59 Å². The molecular formula is C9H11N3O4. The van der Waals surface area contributed by atoms with Crippen molar-refractivity contribution in [2.45, 2.75) is 6.54 Å². The molecular weight excluding hydrogens is 214 g/mol. The summed E-state index contributed by atoms with van der Waals surface area (Å²) in [6.07, 6.45) is 1.01. The lowest BCUT2D eigenvalue weighted by Crippen LogP contribution is -2.34. The van der Waals surface area contributed by atoms with Gasteiger partial charge >= 0.3 is 12.2 Å². The lowest BCUT2D eigenvalue weighted by Gasteiger charge is -2.15. The summed E-state index contributed by atoms with van der Waals surface area (Å²) in [4.78, 5) is 30.6. The van der Waals surface area contributed by atoms with Crippen LogP contribution in [-0.4, -0.2) is 34.2 Å². The number of carbonyl (C=O) groups is 2. The second-order valence-corrected chi connectivity index (χ2v) is 2.99. The molecule has 7 nitrogen and oxygen atoms in total. The Hall–Kier alpha value is -2.31. The molecule has 86 valence electrons. The van der Waals surface area contributed by atoms with Gasteiger partial charge in [-0.1, -0.05) is 6.07 Å². The number of carboxylic acid groups (broad SMARTS) is 1. The summed E-state index contributed by atoms with van der Waals surface area (Å²) in [5, 5.41) is 8.22. The van der Waals surface area contributed by atoms with Crippen LogP contribution in [0.15, 0.2) is 24.5 Å². The molecule has 2 amide bonds. The van der Waals surface area contributed by atoms with Crippen LogP contribution in [0.5, 0.6) is 0 Å². The lowest BCUT2D eigenvalue weighted by molar-refractivity contribution is 0.0575. The maximum atomic E-state index is 11.2. The molecule has 0 aliphatic carbocycles. The van der Waals surface area contributed by atoms with Crippen LogP contribution in [0.3, 0.4) is 0 Å². The Morgan fingerprint density at radius 1 is 1.62 bits per heavy atom. The van der Waals surface area contributed by atoms with E-state index in [2.05, 4.69) is 9.82 Å². The summed E-state index contributed by atoms with van der Waals surface area (Å²) in [5.41, 5.74) is 2.34. The summed E-state index contributed by atoms with van der Waals surface area (Å²) in [7, 11) is 1.48. The van der Waals surface area contributed by atoms with Gasteiger partial charge in [0.25, 0.3) is 0 Å². The molecule has 1 aromatic heterocycles. The number of amides is 2. The number of hydrogen-bond acceptors (Lipinski definition) is 4. The van der Waals surface area contributed by atoms with Gasteiger partial charge in [0.1, 0.15) is 0 Å². The monoisotopic (exact) mass is 225 g/mol. The Morgan fingerprint density at radius 2 is 2.38 bits per heavy atom. The van der Waals surface area contributed by atoms with Gasteiger partial charge in [-0.3, -0.25) is 4.98 Å². The lowest BCUT2D eigenvalue weighted by atomic mass is 10.3. The van der Waals surface area contributed by atoms with Crippen molar-refractivity contribution in [2.75, 3.05) is 7.05 Å². The largest absolute Gasteiger partial charge is 0.463 e. The van der Waals surface area contributed by atoms with Crippen molar-refractivity contribution in [1.29, 1.82) is 0 Å². The molecule has 0 aliphatic heterocycles. The van der Waals surface area contributed by atoms with E-state index in [0.29, 0.717) is 0 Å². The summed E-state index contributed by atoms with van der Waals surface area (Å²) in [5.74, 6) is 0. The zero-order valence-electron chi connectivity index (χ0n) is 8.58. The number of hydroxylamine groups is 1. The summed E-state index contributed by atoms with van der Waals surface area (Å²) < 4.78 is 0. The van der Waals surface area contributed by atoms with Crippen molar-refractivity contribution in [3.05, 3.63) is 30.1 Å². The zero-order valence-corrected chi connectivity index (χ0v) is 8.58. The van der Waals surface area contributed by atoms with Crippen LogP contribution in [-0.2, 0) is 11.4 Å². The van der Waals surface area contributed by atoms with E-state index in [9.17, 15) is 9.59 Å². The van der Waals surface area contributed by atoms with E-state index in [1.165, 1.54) is 17.4 Å². The average Bonchev–Trinajstić information content (AvgIpc) is 2.27. The van der Waals surface area contributed by atoms with Crippen LogP contribution in [0.1, 0.15) is 5.56 Å². The van der Waals surface area contributed by atoms with Crippen molar-refractivity contribution in [3.8, 4) is 0 Å². The molecule has 16 heavy (non-hydrogen) atoms. The van der Waals surface area contributed by atoms with E-state index in [-0.39, 0.29) is 6.54 Å². The molecule has 1 rings (SSSR count). The number of rotatable bonds is 2. The summed E-state index contributed by atoms with van der Waals surface area (Å²) in [6.45, 7) is 0.286. The Bertz CT molecular complexity index is 368. The Labute approximate surface area is 91.6 Å². The number of aromatic nitrogens is 1. The number of pyridine rings is 1. The second kappa shape index (κ2) is 5.54. The minimum Gasteiger partial charge on any atom is -0.463 e. The molecule has 0 bridgehead atoms. The van der Waals surface area contributed by atoms with Gasteiger partial charge in [0.05, 0.1) is 6.54 Å². The molecule has 0 aromatic carbocycles. The van der Waals surface area contributed by atoms with Crippen LogP contribution in [0.4, 0.5) is 9.59 Å². The third-order valence-electron chi connectivity index (χ3n) is 1.68. The third-order valence-corrected chi connectivity index (χ3v) is 1.68.